The van der Waals surface area contributed by atoms with E-state index in [2.05, 4.69) is 0 Å². The van der Waals surface area contributed by atoms with Crippen LogP contribution >= 0.6 is 0 Å². The van der Waals surface area contributed by atoms with Gasteiger partial charge in [0, 0.05) is 37.4 Å². The molecule has 0 spiro atoms. The number of ether oxygens (including phenoxy) is 2. The average molecular weight is 373 g/mol. The Hall–Kier alpha value is -3.53. The van der Waals surface area contributed by atoms with Crippen molar-refractivity contribution in [3.8, 4) is 5.75 Å². The Morgan fingerprint density at radius 3 is 2.15 bits per heavy atom. The van der Waals surface area contributed by atoms with Crippen molar-refractivity contribution in [1.82, 2.24) is 0 Å². The first kappa shape index (κ1) is 18.3. The molecule has 0 bridgehead atoms. The minimum absolute atomic E-state index is 0.0458. The van der Waals surface area contributed by atoms with E-state index in [-0.39, 0.29) is 22.7 Å². The van der Waals surface area contributed by atoms with Gasteiger partial charge in [-0.15, -0.1) is 0 Å². The van der Waals surface area contributed by atoms with Crippen LogP contribution in [0.4, 0.5) is 17.1 Å². The molecule has 1 saturated heterocycles. The molecule has 1 fully saturated rings. The predicted molar refractivity (Wildman–Crippen MR) is 94.2 cm³/mol. The van der Waals surface area contributed by atoms with E-state index in [1.165, 1.54) is 42.5 Å². The van der Waals surface area contributed by atoms with Gasteiger partial charge in [-0.25, -0.2) is 4.79 Å². The Labute approximate surface area is 153 Å². The van der Waals surface area contributed by atoms with Crippen molar-refractivity contribution in [1.29, 1.82) is 0 Å². The van der Waals surface area contributed by atoms with E-state index in [4.69, 9.17) is 9.47 Å². The van der Waals surface area contributed by atoms with Gasteiger partial charge in [-0.1, -0.05) is 0 Å². The molecule has 0 saturated carbocycles. The van der Waals surface area contributed by atoms with Gasteiger partial charge >= 0.3 is 5.97 Å². The number of carbonyl (C=O) groups is 1. The molecule has 3 rings (SSSR count). The maximum Gasteiger partial charge on any atom is 0.345 e. The number of non-ortho nitro benzene ring substituents is 2. The largest absolute Gasteiger partial charge is 0.423 e. The van der Waals surface area contributed by atoms with Crippen LogP contribution in [-0.4, -0.2) is 42.1 Å². The van der Waals surface area contributed by atoms with Crippen LogP contribution in [0.25, 0.3) is 0 Å². The number of benzene rings is 2. The fourth-order valence-corrected chi connectivity index (χ4v) is 2.68. The van der Waals surface area contributed by atoms with E-state index in [0.29, 0.717) is 32.0 Å². The SMILES string of the molecule is O=C(Oc1ccc([N+](=O)[O-])cc1)c1cc([N+](=O)[O-])ccc1N1CCOCC1. The van der Waals surface area contributed by atoms with Gasteiger partial charge in [-0.3, -0.25) is 20.2 Å². The van der Waals surface area contributed by atoms with E-state index in [0.717, 1.165) is 0 Å². The topological polar surface area (TPSA) is 125 Å². The second-order valence-electron chi connectivity index (χ2n) is 5.70. The molecule has 1 heterocycles. The summed E-state index contributed by atoms with van der Waals surface area (Å²) in [4.78, 5) is 35.1. The van der Waals surface area contributed by atoms with Gasteiger partial charge < -0.3 is 14.4 Å². The van der Waals surface area contributed by atoms with E-state index in [1.54, 1.807) is 0 Å². The van der Waals surface area contributed by atoms with E-state index >= 15 is 0 Å². The molecule has 1 aliphatic heterocycles. The van der Waals surface area contributed by atoms with Crippen LogP contribution in [0, 0.1) is 20.2 Å². The predicted octanol–water partition coefficient (Wildman–Crippen LogP) is 2.56. The maximum atomic E-state index is 12.6. The van der Waals surface area contributed by atoms with Crippen molar-refractivity contribution in [2.45, 2.75) is 0 Å². The average Bonchev–Trinajstić information content (AvgIpc) is 2.68. The molecule has 10 heteroatoms. The molecule has 0 unspecified atom stereocenters. The fraction of sp³-hybridized carbons (Fsp3) is 0.235. The Morgan fingerprint density at radius 2 is 1.56 bits per heavy atom. The van der Waals surface area contributed by atoms with Crippen LogP contribution in [0.3, 0.4) is 0 Å². The van der Waals surface area contributed by atoms with E-state index in [1.807, 2.05) is 4.90 Å². The second kappa shape index (κ2) is 7.79. The number of carbonyl (C=O) groups excluding carboxylic acids is 1. The van der Waals surface area contributed by atoms with Gasteiger partial charge in [-0.05, 0) is 18.2 Å². The molecule has 140 valence electrons. The summed E-state index contributed by atoms with van der Waals surface area (Å²) in [5.41, 5.74) is 0.182. The summed E-state index contributed by atoms with van der Waals surface area (Å²) in [6.45, 7) is 2.03. The molecule has 0 radical (unpaired) electrons. The van der Waals surface area contributed by atoms with E-state index < -0.39 is 15.8 Å². The third kappa shape index (κ3) is 4.18. The van der Waals surface area contributed by atoms with Gasteiger partial charge in [0.2, 0.25) is 0 Å². The quantitative estimate of drug-likeness (QED) is 0.339. The smallest absolute Gasteiger partial charge is 0.345 e. The molecular weight excluding hydrogens is 358 g/mol. The van der Waals surface area contributed by atoms with E-state index in [9.17, 15) is 25.0 Å². The van der Waals surface area contributed by atoms with Crippen LogP contribution in [0.2, 0.25) is 0 Å². The van der Waals surface area contributed by atoms with Gasteiger partial charge in [0.15, 0.2) is 0 Å². The van der Waals surface area contributed by atoms with Gasteiger partial charge in [-0.2, -0.15) is 0 Å². The van der Waals surface area contributed by atoms with Crippen molar-refractivity contribution in [2.75, 3.05) is 31.2 Å². The number of esters is 1. The number of nitro benzene ring substituents is 2. The number of hydrogen-bond acceptors (Lipinski definition) is 8. The van der Waals surface area contributed by atoms with Gasteiger partial charge in [0.25, 0.3) is 11.4 Å². The molecule has 2 aromatic rings. The summed E-state index contributed by atoms with van der Waals surface area (Å²) in [6, 6.07) is 9.00. The number of morpholine rings is 1. The molecule has 0 atom stereocenters. The summed E-state index contributed by atoms with van der Waals surface area (Å²) in [5, 5.41) is 21.8. The van der Waals surface area contributed by atoms with Crippen LogP contribution < -0.4 is 9.64 Å². The molecule has 10 nitrogen and oxygen atoms in total. The normalized spacial score (nSPS) is 13.9. The number of hydrogen-bond donors (Lipinski definition) is 0. The zero-order valence-electron chi connectivity index (χ0n) is 14.1. The first-order valence-electron chi connectivity index (χ1n) is 8.03. The summed E-state index contributed by atoms with van der Waals surface area (Å²) in [5.74, 6) is -0.681. The lowest BCUT2D eigenvalue weighted by atomic mass is 10.1. The third-order valence-corrected chi connectivity index (χ3v) is 4.02. The Kier molecular flexibility index (Phi) is 5.27. The highest BCUT2D eigenvalue weighted by Gasteiger charge is 2.23. The Balaban J connectivity index is 1.89. The van der Waals surface area contributed by atoms with Crippen LogP contribution in [-0.2, 0) is 4.74 Å². The minimum atomic E-state index is -0.783. The molecule has 2 aromatic carbocycles. The number of rotatable bonds is 5. The first-order valence-corrected chi connectivity index (χ1v) is 8.03. The van der Waals surface area contributed by atoms with Crippen LogP contribution in [0.1, 0.15) is 10.4 Å². The van der Waals surface area contributed by atoms with Gasteiger partial charge in [0.05, 0.1) is 34.3 Å². The van der Waals surface area contributed by atoms with Crippen LogP contribution in [0.5, 0.6) is 5.75 Å². The Bertz CT molecular complexity index is 877. The monoisotopic (exact) mass is 373 g/mol. The first-order chi connectivity index (χ1) is 13.0. The van der Waals surface area contributed by atoms with Gasteiger partial charge in [0.1, 0.15) is 5.75 Å². The number of nitrogens with zero attached hydrogens (tertiary/aromatic N) is 3. The molecule has 0 amide bonds. The summed E-state index contributed by atoms with van der Waals surface area (Å²) in [7, 11) is 0. The number of nitro groups is 2. The zero-order valence-corrected chi connectivity index (χ0v) is 14.1. The molecule has 0 aliphatic carbocycles. The lowest BCUT2D eigenvalue weighted by molar-refractivity contribution is -0.385. The Morgan fingerprint density at radius 1 is 0.963 bits per heavy atom. The maximum absolute atomic E-state index is 12.6. The molecular formula is C17H15N3O7. The highest BCUT2D eigenvalue weighted by atomic mass is 16.6. The standard InChI is InChI=1S/C17H15N3O7/c21-17(27-14-4-1-12(2-5-14)19(22)23)15-11-13(20(24)25)3-6-16(15)18-7-9-26-10-8-18/h1-6,11H,7-10H2. The highest BCUT2D eigenvalue weighted by Crippen LogP contribution is 2.28. The van der Waals surface area contributed by atoms with Crippen molar-refractivity contribution in [3.05, 3.63) is 68.3 Å². The summed E-state index contributed by atoms with van der Waals surface area (Å²) < 4.78 is 10.5. The number of anilines is 1. The van der Waals surface area contributed by atoms with Crippen molar-refractivity contribution >= 4 is 23.0 Å². The molecule has 0 aromatic heterocycles. The van der Waals surface area contributed by atoms with Crippen molar-refractivity contribution in [2.24, 2.45) is 0 Å². The summed E-state index contributed by atoms with van der Waals surface area (Å²) in [6.07, 6.45) is 0. The highest BCUT2D eigenvalue weighted by molar-refractivity contribution is 5.98. The summed E-state index contributed by atoms with van der Waals surface area (Å²) >= 11 is 0. The third-order valence-electron chi connectivity index (χ3n) is 4.02. The minimum Gasteiger partial charge on any atom is -0.423 e. The lowest BCUT2D eigenvalue weighted by Gasteiger charge is -2.30. The van der Waals surface area contributed by atoms with Crippen molar-refractivity contribution in [3.63, 3.8) is 0 Å². The molecule has 1 aliphatic rings. The second-order valence-corrected chi connectivity index (χ2v) is 5.70. The fourth-order valence-electron chi connectivity index (χ4n) is 2.68. The van der Waals surface area contributed by atoms with Crippen molar-refractivity contribution < 1.29 is 24.1 Å². The lowest BCUT2D eigenvalue weighted by Crippen LogP contribution is -2.37. The van der Waals surface area contributed by atoms with Crippen LogP contribution in [0.15, 0.2) is 42.5 Å². The molecule has 27 heavy (non-hydrogen) atoms. The zero-order chi connectivity index (χ0) is 19.4. The molecule has 0 N–H and O–H groups in total.